The van der Waals surface area contributed by atoms with Crippen molar-refractivity contribution in [1.82, 2.24) is 14.8 Å². The number of allylic oxidation sites excluding steroid dienone is 1. The minimum absolute atomic E-state index is 0.0440. The zero-order valence-corrected chi connectivity index (χ0v) is 14.6. The van der Waals surface area contributed by atoms with Gasteiger partial charge in [-0.05, 0) is 41.5 Å². The van der Waals surface area contributed by atoms with Crippen molar-refractivity contribution in [2.45, 2.75) is 6.04 Å². The highest BCUT2D eigenvalue weighted by Crippen LogP contribution is 2.33. The second-order valence-electron chi connectivity index (χ2n) is 5.46. The Morgan fingerprint density at radius 2 is 2.00 bits per heavy atom. The molecule has 0 amide bonds. The molecule has 4 rings (SSSR count). The van der Waals surface area contributed by atoms with Gasteiger partial charge >= 0.3 is 0 Å². The van der Waals surface area contributed by atoms with Crippen LogP contribution in [0.1, 0.15) is 17.2 Å². The average Bonchev–Trinajstić information content (AvgIpc) is 3.10. The first kappa shape index (κ1) is 15.0. The summed E-state index contributed by atoms with van der Waals surface area (Å²) in [5, 5.41) is 7.71. The van der Waals surface area contributed by atoms with Gasteiger partial charge in [-0.15, -0.1) is 0 Å². The average molecular weight is 383 g/mol. The molecule has 1 aliphatic rings. The molecule has 1 aromatic heterocycles. The van der Waals surface area contributed by atoms with Crippen LogP contribution in [0.2, 0.25) is 0 Å². The lowest BCUT2D eigenvalue weighted by Gasteiger charge is -2.24. The van der Waals surface area contributed by atoms with E-state index in [1.165, 1.54) is 0 Å². The van der Waals surface area contributed by atoms with Crippen LogP contribution in [0.4, 0.5) is 5.95 Å². The summed E-state index contributed by atoms with van der Waals surface area (Å²) in [5.41, 5.74) is 3.20. The lowest BCUT2D eigenvalue weighted by molar-refractivity contribution is 0.413. The summed E-state index contributed by atoms with van der Waals surface area (Å²) < 4.78 is 8.28. The van der Waals surface area contributed by atoms with Crippen LogP contribution in [0.15, 0.2) is 65.4 Å². The van der Waals surface area contributed by atoms with Crippen LogP contribution >= 0.6 is 15.9 Å². The third-order valence-electron chi connectivity index (χ3n) is 4.00. The van der Waals surface area contributed by atoms with Crippen LogP contribution in [0.3, 0.4) is 0 Å². The zero-order chi connectivity index (χ0) is 16.5. The first-order valence-corrected chi connectivity index (χ1v) is 8.32. The van der Waals surface area contributed by atoms with Gasteiger partial charge in [0, 0.05) is 10.2 Å². The minimum Gasteiger partial charge on any atom is -0.497 e. The van der Waals surface area contributed by atoms with E-state index in [9.17, 15) is 0 Å². The van der Waals surface area contributed by atoms with Crippen molar-refractivity contribution in [2.75, 3.05) is 12.4 Å². The molecule has 0 radical (unpaired) electrons. The number of hydrogen-bond acceptors (Lipinski definition) is 4. The lowest BCUT2D eigenvalue weighted by atomic mass is 10.0. The summed E-state index contributed by atoms with van der Waals surface area (Å²) in [6, 6.07) is 16.2. The van der Waals surface area contributed by atoms with Gasteiger partial charge in [-0.2, -0.15) is 10.1 Å². The number of rotatable bonds is 3. The van der Waals surface area contributed by atoms with E-state index >= 15 is 0 Å². The second kappa shape index (κ2) is 6.13. The van der Waals surface area contributed by atoms with Gasteiger partial charge in [0.2, 0.25) is 5.95 Å². The SMILES string of the molecule is COc1cccc([C@H]2C=C(c3ccc(Br)cc3)Nc3ncnn32)c1. The fraction of sp³-hybridized carbons (Fsp3) is 0.111. The van der Waals surface area contributed by atoms with E-state index in [-0.39, 0.29) is 6.04 Å². The number of benzene rings is 2. The molecule has 0 saturated heterocycles. The molecule has 1 atom stereocenters. The second-order valence-corrected chi connectivity index (χ2v) is 6.38. The molecule has 120 valence electrons. The van der Waals surface area contributed by atoms with Gasteiger partial charge in [-0.3, -0.25) is 0 Å². The third-order valence-corrected chi connectivity index (χ3v) is 4.53. The number of anilines is 1. The number of halogens is 1. The van der Waals surface area contributed by atoms with Crippen LogP contribution in [0.25, 0.3) is 5.70 Å². The summed E-state index contributed by atoms with van der Waals surface area (Å²) in [7, 11) is 1.67. The largest absolute Gasteiger partial charge is 0.497 e. The van der Waals surface area contributed by atoms with Crippen LogP contribution in [-0.2, 0) is 0 Å². The van der Waals surface area contributed by atoms with Crippen molar-refractivity contribution in [1.29, 1.82) is 0 Å². The summed E-state index contributed by atoms with van der Waals surface area (Å²) in [6.07, 6.45) is 3.72. The van der Waals surface area contributed by atoms with E-state index < -0.39 is 0 Å². The Morgan fingerprint density at radius 1 is 1.17 bits per heavy atom. The maximum absolute atomic E-state index is 5.35. The molecule has 6 heteroatoms. The normalized spacial score (nSPS) is 16.1. The maximum Gasteiger partial charge on any atom is 0.226 e. The molecule has 2 heterocycles. The smallest absolute Gasteiger partial charge is 0.226 e. The first-order chi connectivity index (χ1) is 11.7. The highest BCUT2D eigenvalue weighted by molar-refractivity contribution is 9.10. The minimum atomic E-state index is -0.0440. The Kier molecular flexibility index (Phi) is 3.82. The van der Waals surface area contributed by atoms with Crippen molar-refractivity contribution in [3.63, 3.8) is 0 Å². The molecule has 24 heavy (non-hydrogen) atoms. The number of aromatic nitrogens is 3. The van der Waals surface area contributed by atoms with Crippen LogP contribution in [-0.4, -0.2) is 21.9 Å². The van der Waals surface area contributed by atoms with E-state index in [0.717, 1.165) is 33.0 Å². The number of methoxy groups -OCH3 is 1. The fourth-order valence-electron chi connectivity index (χ4n) is 2.79. The molecule has 0 saturated carbocycles. The number of ether oxygens (including phenoxy) is 1. The summed E-state index contributed by atoms with van der Waals surface area (Å²) >= 11 is 3.47. The fourth-order valence-corrected chi connectivity index (χ4v) is 3.06. The number of nitrogens with one attached hydrogen (secondary N) is 1. The van der Waals surface area contributed by atoms with Crippen molar-refractivity contribution >= 4 is 27.6 Å². The lowest BCUT2D eigenvalue weighted by Crippen LogP contribution is -2.20. The van der Waals surface area contributed by atoms with Gasteiger partial charge in [0.1, 0.15) is 18.1 Å². The van der Waals surface area contributed by atoms with Crippen molar-refractivity contribution in [3.05, 3.63) is 76.5 Å². The van der Waals surface area contributed by atoms with Crippen molar-refractivity contribution in [2.24, 2.45) is 0 Å². The van der Waals surface area contributed by atoms with E-state index in [1.807, 2.05) is 35.0 Å². The predicted molar refractivity (Wildman–Crippen MR) is 96.9 cm³/mol. The molecule has 1 N–H and O–H groups in total. The molecule has 0 unspecified atom stereocenters. The Hall–Kier alpha value is -2.60. The summed E-state index contributed by atoms with van der Waals surface area (Å²) in [6.45, 7) is 0. The third kappa shape index (κ3) is 2.69. The zero-order valence-electron chi connectivity index (χ0n) is 13.0. The van der Waals surface area contributed by atoms with E-state index in [0.29, 0.717) is 0 Å². The standard InChI is InChI=1S/C18H15BrN4O/c1-24-15-4-2-3-13(9-15)17-10-16(12-5-7-14(19)8-6-12)22-18-20-11-21-23(17)18/h2-11,17H,1H3,(H,20,21,22)/t17-/m1/s1. The van der Waals surface area contributed by atoms with Gasteiger partial charge in [-0.25, -0.2) is 4.68 Å². The van der Waals surface area contributed by atoms with Gasteiger partial charge in [0.15, 0.2) is 0 Å². The molecule has 0 bridgehead atoms. The molecule has 3 aromatic rings. The molecule has 0 spiro atoms. The highest BCUT2D eigenvalue weighted by atomic mass is 79.9. The highest BCUT2D eigenvalue weighted by Gasteiger charge is 2.23. The number of fused-ring (bicyclic) bond motifs is 1. The molecule has 1 aliphatic heterocycles. The topological polar surface area (TPSA) is 52.0 Å². The van der Waals surface area contributed by atoms with E-state index in [2.05, 4.69) is 55.6 Å². The van der Waals surface area contributed by atoms with Gasteiger partial charge in [-0.1, -0.05) is 40.2 Å². The van der Waals surface area contributed by atoms with Crippen LogP contribution < -0.4 is 10.1 Å². The Bertz CT molecular complexity index is 901. The Morgan fingerprint density at radius 3 is 2.79 bits per heavy atom. The quantitative estimate of drug-likeness (QED) is 0.740. The Balaban J connectivity index is 1.80. The first-order valence-electron chi connectivity index (χ1n) is 7.53. The summed E-state index contributed by atoms with van der Waals surface area (Å²) in [4.78, 5) is 4.33. The van der Waals surface area contributed by atoms with E-state index in [1.54, 1.807) is 13.4 Å². The monoisotopic (exact) mass is 382 g/mol. The Labute approximate surface area is 148 Å². The van der Waals surface area contributed by atoms with Crippen molar-refractivity contribution < 1.29 is 4.74 Å². The molecule has 0 fully saturated rings. The van der Waals surface area contributed by atoms with Gasteiger partial charge < -0.3 is 10.1 Å². The van der Waals surface area contributed by atoms with Crippen LogP contribution in [0.5, 0.6) is 5.75 Å². The maximum atomic E-state index is 5.35. The molecule has 5 nitrogen and oxygen atoms in total. The van der Waals surface area contributed by atoms with Crippen LogP contribution in [0, 0.1) is 0 Å². The van der Waals surface area contributed by atoms with Gasteiger partial charge in [0.05, 0.1) is 7.11 Å². The number of nitrogens with zero attached hydrogens (tertiary/aromatic N) is 3. The summed E-state index contributed by atoms with van der Waals surface area (Å²) in [5.74, 6) is 1.55. The molecule has 0 aliphatic carbocycles. The molecule has 2 aromatic carbocycles. The van der Waals surface area contributed by atoms with Crippen molar-refractivity contribution in [3.8, 4) is 5.75 Å². The van der Waals surface area contributed by atoms with Gasteiger partial charge in [0.25, 0.3) is 0 Å². The molecular weight excluding hydrogens is 368 g/mol. The predicted octanol–water partition coefficient (Wildman–Crippen LogP) is 4.11. The van der Waals surface area contributed by atoms with E-state index in [4.69, 9.17) is 4.74 Å². The molecular formula is C18H15BrN4O. The number of hydrogen-bond donors (Lipinski definition) is 1.